The molecular weight excluding hydrogens is 260 g/mol. The molecule has 0 fully saturated rings. The highest BCUT2D eigenvalue weighted by Crippen LogP contribution is 2.18. The molecule has 1 aromatic heterocycles. The number of nitrogens with zero attached hydrogens (tertiary/aromatic N) is 2. The zero-order valence-corrected chi connectivity index (χ0v) is 11.9. The molecule has 0 radical (unpaired) electrons. The Balaban J connectivity index is 2.08. The summed E-state index contributed by atoms with van der Waals surface area (Å²) in [6.07, 6.45) is 2.52. The zero-order valence-electron chi connectivity index (χ0n) is 11.1. The summed E-state index contributed by atoms with van der Waals surface area (Å²) in [5.74, 6) is 0.983. The van der Waals surface area contributed by atoms with Crippen molar-refractivity contribution >= 4 is 33.5 Å². The van der Waals surface area contributed by atoms with Crippen LogP contribution in [0, 0.1) is 0 Å². The molecule has 0 spiro atoms. The van der Waals surface area contributed by atoms with Gasteiger partial charge in [0.1, 0.15) is 0 Å². The van der Waals surface area contributed by atoms with Gasteiger partial charge in [0.2, 0.25) is 0 Å². The van der Waals surface area contributed by atoms with Gasteiger partial charge in [0.15, 0.2) is 11.6 Å². The van der Waals surface area contributed by atoms with Crippen LogP contribution in [0.25, 0.3) is 11.0 Å². The second kappa shape index (κ2) is 5.97. The minimum atomic E-state index is -0.803. The van der Waals surface area contributed by atoms with Crippen LogP contribution in [0.2, 0.25) is 0 Å². The van der Waals surface area contributed by atoms with Gasteiger partial charge >= 0.3 is 0 Å². The first-order valence-electron chi connectivity index (χ1n) is 6.16. The molecule has 19 heavy (non-hydrogen) atoms. The molecule has 0 aliphatic heterocycles. The number of aromatic nitrogens is 2. The van der Waals surface area contributed by atoms with Gasteiger partial charge in [-0.3, -0.25) is 4.21 Å². The molecule has 2 rings (SSSR count). The van der Waals surface area contributed by atoms with E-state index >= 15 is 0 Å². The summed E-state index contributed by atoms with van der Waals surface area (Å²) in [7, 11) is -0.803. The maximum Gasteiger partial charge on any atom is 0.169 e. The Labute approximate surface area is 115 Å². The maximum absolute atomic E-state index is 11.3. The van der Waals surface area contributed by atoms with E-state index in [-0.39, 0.29) is 5.25 Å². The fraction of sp³-hybridized carbons (Fsp3) is 0.385. The highest BCUT2D eigenvalue weighted by Gasteiger charge is 2.08. The number of nitrogens with one attached hydrogen (secondary N) is 1. The number of hydrogen-bond acceptors (Lipinski definition) is 5. The smallest absolute Gasteiger partial charge is 0.169 e. The Hall–Kier alpha value is -1.69. The molecule has 0 saturated heterocycles. The van der Waals surface area contributed by atoms with Crippen molar-refractivity contribution in [3.8, 4) is 0 Å². The van der Waals surface area contributed by atoms with Gasteiger partial charge in [-0.1, -0.05) is 19.1 Å². The molecule has 2 atom stereocenters. The summed E-state index contributed by atoms with van der Waals surface area (Å²) in [5, 5.41) is 3.31. The van der Waals surface area contributed by atoms with Crippen LogP contribution in [-0.2, 0) is 10.8 Å². The number of benzene rings is 1. The van der Waals surface area contributed by atoms with Gasteiger partial charge in [0, 0.05) is 28.9 Å². The van der Waals surface area contributed by atoms with Crippen molar-refractivity contribution in [2.75, 3.05) is 23.9 Å². The van der Waals surface area contributed by atoms with Gasteiger partial charge < -0.3 is 11.1 Å². The fourth-order valence-electron chi connectivity index (χ4n) is 1.70. The molecule has 0 saturated carbocycles. The number of rotatable bonds is 5. The third-order valence-corrected chi connectivity index (χ3v) is 4.38. The average Bonchev–Trinajstić information content (AvgIpc) is 2.39. The van der Waals surface area contributed by atoms with E-state index in [0.717, 1.165) is 17.5 Å². The lowest BCUT2D eigenvalue weighted by molar-refractivity contribution is 0.672. The Kier molecular flexibility index (Phi) is 4.31. The third-order valence-electron chi connectivity index (χ3n) is 3.01. The van der Waals surface area contributed by atoms with Crippen molar-refractivity contribution in [2.45, 2.75) is 18.6 Å². The van der Waals surface area contributed by atoms with E-state index in [0.29, 0.717) is 18.2 Å². The van der Waals surface area contributed by atoms with E-state index in [9.17, 15) is 4.21 Å². The summed E-state index contributed by atoms with van der Waals surface area (Å²) in [4.78, 5) is 8.74. The standard InChI is InChI=1S/C13H18N4OS/c1-9(19(2)18)7-8-15-13-12(14)16-10-5-3-4-6-11(10)17-13/h3-6,9H,7-8H2,1-2H3,(H2,14,16)(H,15,17). The Bertz CT molecular complexity index is 602. The van der Waals surface area contributed by atoms with Crippen LogP contribution >= 0.6 is 0 Å². The summed E-state index contributed by atoms with van der Waals surface area (Å²) >= 11 is 0. The lowest BCUT2D eigenvalue weighted by Gasteiger charge is -2.11. The first kappa shape index (κ1) is 13.7. The van der Waals surface area contributed by atoms with E-state index in [4.69, 9.17) is 5.73 Å². The molecular formula is C13H18N4OS. The molecule has 0 bridgehead atoms. The number of nitrogen functional groups attached to an aromatic ring is 1. The molecule has 0 aliphatic carbocycles. The first-order chi connectivity index (χ1) is 9.08. The summed E-state index contributed by atoms with van der Waals surface area (Å²) in [5.41, 5.74) is 7.46. The SMILES string of the molecule is CC(CCNc1nc2ccccc2nc1N)S(C)=O. The van der Waals surface area contributed by atoms with Crippen LogP contribution in [-0.4, -0.2) is 32.2 Å². The van der Waals surface area contributed by atoms with Crippen molar-refractivity contribution in [3.63, 3.8) is 0 Å². The minimum absolute atomic E-state index is 0.155. The predicted molar refractivity (Wildman–Crippen MR) is 80.6 cm³/mol. The predicted octanol–water partition coefficient (Wildman–Crippen LogP) is 1.78. The molecule has 5 nitrogen and oxygen atoms in total. The van der Waals surface area contributed by atoms with Gasteiger partial charge in [0.05, 0.1) is 11.0 Å². The third kappa shape index (κ3) is 3.41. The van der Waals surface area contributed by atoms with Gasteiger partial charge in [-0.05, 0) is 18.6 Å². The van der Waals surface area contributed by atoms with E-state index < -0.39 is 10.8 Å². The van der Waals surface area contributed by atoms with Gasteiger partial charge in [-0.2, -0.15) is 0 Å². The normalized spacial score (nSPS) is 14.2. The second-order valence-electron chi connectivity index (χ2n) is 4.47. The maximum atomic E-state index is 11.3. The van der Waals surface area contributed by atoms with Gasteiger partial charge in [-0.25, -0.2) is 9.97 Å². The lowest BCUT2D eigenvalue weighted by atomic mass is 10.3. The fourth-order valence-corrected chi connectivity index (χ4v) is 2.15. The number of anilines is 2. The van der Waals surface area contributed by atoms with Crippen molar-refractivity contribution in [1.29, 1.82) is 0 Å². The highest BCUT2D eigenvalue weighted by molar-refractivity contribution is 7.84. The lowest BCUT2D eigenvalue weighted by Crippen LogP contribution is -2.16. The molecule has 2 unspecified atom stereocenters. The molecule has 1 heterocycles. The van der Waals surface area contributed by atoms with Crippen LogP contribution in [0.5, 0.6) is 0 Å². The number of para-hydroxylation sites is 2. The topological polar surface area (TPSA) is 80.9 Å². The van der Waals surface area contributed by atoms with Crippen LogP contribution in [0.4, 0.5) is 11.6 Å². The largest absolute Gasteiger partial charge is 0.381 e. The Morgan fingerprint density at radius 3 is 2.58 bits per heavy atom. The summed E-state index contributed by atoms with van der Waals surface area (Å²) < 4.78 is 11.3. The van der Waals surface area contributed by atoms with Gasteiger partial charge in [0.25, 0.3) is 0 Å². The van der Waals surface area contributed by atoms with Crippen LogP contribution in [0.1, 0.15) is 13.3 Å². The molecule has 1 aromatic carbocycles. The minimum Gasteiger partial charge on any atom is -0.381 e. The zero-order chi connectivity index (χ0) is 13.8. The van der Waals surface area contributed by atoms with E-state index in [2.05, 4.69) is 15.3 Å². The Morgan fingerprint density at radius 2 is 1.95 bits per heavy atom. The van der Waals surface area contributed by atoms with E-state index in [1.54, 1.807) is 6.26 Å². The van der Waals surface area contributed by atoms with Crippen LogP contribution in [0.3, 0.4) is 0 Å². The summed E-state index contributed by atoms with van der Waals surface area (Å²) in [6, 6.07) is 7.60. The molecule has 6 heteroatoms. The highest BCUT2D eigenvalue weighted by atomic mass is 32.2. The molecule has 3 N–H and O–H groups in total. The van der Waals surface area contributed by atoms with Gasteiger partial charge in [-0.15, -0.1) is 0 Å². The molecule has 0 amide bonds. The quantitative estimate of drug-likeness (QED) is 0.871. The van der Waals surface area contributed by atoms with Crippen molar-refractivity contribution in [2.24, 2.45) is 0 Å². The molecule has 2 aromatic rings. The van der Waals surface area contributed by atoms with Crippen molar-refractivity contribution < 1.29 is 4.21 Å². The second-order valence-corrected chi connectivity index (χ2v) is 6.27. The number of hydrogen-bond donors (Lipinski definition) is 2. The number of nitrogens with two attached hydrogens (primary N) is 1. The van der Waals surface area contributed by atoms with Crippen LogP contribution in [0.15, 0.2) is 24.3 Å². The first-order valence-corrected chi connectivity index (χ1v) is 7.78. The van der Waals surface area contributed by atoms with E-state index in [1.165, 1.54) is 0 Å². The monoisotopic (exact) mass is 278 g/mol. The van der Waals surface area contributed by atoms with E-state index in [1.807, 2.05) is 31.2 Å². The number of fused-ring (bicyclic) bond motifs is 1. The van der Waals surface area contributed by atoms with Crippen molar-refractivity contribution in [1.82, 2.24) is 9.97 Å². The van der Waals surface area contributed by atoms with Crippen molar-refractivity contribution in [3.05, 3.63) is 24.3 Å². The molecule has 0 aliphatic rings. The van der Waals surface area contributed by atoms with Crippen LogP contribution < -0.4 is 11.1 Å². The Morgan fingerprint density at radius 1 is 1.32 bits per heavy atom. The molecule has 102 valence electrons. The average molecular weight is 278 g/mol. The summed E-state index contributed by atoms with van der Waals surface area (Å²) in [6.45, 7) is 2.64.